The highest BCUT2D eigenvalue weighted by molar-refractivity contribution is 9.10. The van der Waals surface area contributed by atoms with E-state index in [0.29, 0.717) is 10.5 Å². The number of nitrogens with zero attached hydrogens (tertiary/aromatic N) is 2. The number of aryl methyl sites for hydroxylation is 1. The van der Waals surface area contributed by atoms with Crippen molar-refractivity contribution in [1.82, 2.24) is 9.21 Å². The third kappa shape index (κ3) is 3.89. The molecule has 1 N–H and O–H groups in total. The van der Waals surface area contributed by atoms with Crippen molar-refractivity contribution in [3.05, 3.63) is 57.6 Å². The molecule has 28 heavy (non-hydrogen) atoms. The molecule has 0 unspecified atom stereocenters. The van der Waals surface area contributed by atoms with Crippen LogP contribution in [0.1, 0.15) is 15.9 Å². The van der Waals surface area contributed by atoms with Crippen LogP contribution in [-0.4, -0.2) is 54.8 Å². The van der Waals surface area contributed by atoms with Crippen LogP contribution in [0.15, 0.2) is 39.7 Å². The molecule has 0 aliphatic carbocycles. The monoisotopic (exact) mass is 474 g/mol. The minimum absolute atomic E-state index is 0.000810. The van der Waals surface area contributed by atoms with Gasteiger partial charge in [0.1, 0.15) is 5.75 Å². The van der Waals surface area contributed by atoms with Gasteiger partial charge in [-0.3, -0.25) is 4.79 Å². The first kappa shape index (κ1) is 20.7. The van der Waals surface area contributed by atoms with Gasteiger partial charge in [0.2, 0.25) is 10.0 Å². The van der Waals surface area contributed by atoms with Crippen LogP contribution in [0, 0.1) is 18.6 Å². The van der Waals surface area contributed by atoms with Gasteiger partial charge in [0, 0.05) is 26.2 Å². The number of carbonyl (C=O) groups is 1. The first-order valence-corrected chi connectivity index (χ1v) is 10.6. The summed E-state index contributed by atoms with van der Waals surface area (Å²) in [6, 6.07) is 5.66. The molecule has 3 rings (SSSR count). The van der Waals surface area contributed by atoms with Gasteiger partial charge in [0.25, 0.3) is 5.91 Å². The molecule has 0 aromatic heterocycles. The quantitative estimate of drug-likeness (QED) is 0.741. The minimum atomic E-state index is -4.00. The highest BCUT2D eigenvalue weighted by atomic mass is 79.9. The number of piperazine rings is 1. The van der Waals surface area contributed by atoms with E-state index in [2.05, 4.69) is 15.9 Å². The van der Waals surface area contributed by atoms with Crippen LogP contribution >= 0.6 is 15.9 Å². The number of amides is 1. The average molecular weight is 475 g/mol. The first-order chi connectivity index (χ1) is 13.1. The maximum Gasteiger partial charge on any atom is 0.257 e. The molecule has 1 heterocycles. The van der Waals surface area contributed by atoms with E-state index in [-0.39, 0.29) is 42.4 Å². The van der Waals surface area contributed by atoms with Crippen LogP contribution in [0.4, 0.5) is 8.78 Å². The second-order valence-corrected chi connectivity index (χ2v) is 9.21. The lowest BCUT2D eigenvalue weighted by atomic mass is 10.1. The number of benzene rings is 2. The van der Waals surface area contributed by atoms with Crippen molar-refractivity contribution >= 4 is 31.9 Å². The lowest BCUT2D eigenvalue weighted by Crippen LogP contribution is -2.50. The van der Waals surface area contributed by atoms with Crippen molar-refractivity contribution in [1.29, 1.82) is 0 Å². The highest BCUT2D eigenvalue weighted by Crippen LogP contribution is 2.30. The number of carbonyl (C=O) groups excluding carboxylic acids is 1. The number of sulfonamides is 1. The zero-order valence-electron chi connectivity index (χ0n) is 14.8. The predicted molar refractivity (Wildman–Crippen MR) is 102 cm³/mol. The number of hydrogen-bond acceptors (Lipinski definition) is 4. The Kier molecular flexibility index (Phi) is 5.74. The Morgan fingerprint density at radius 2 is 1.71 bits per heavy atom. The summed E-state index contributed by atoms with van der Waals surface area (Å²) < 4.78 is 53.2. The lowest BCUT2D eigenvalue weighted by Gasteiger charge is -2.34. The van der Waals surface area contributed by atoms with E-state index in [0.717, 1.165) is 22.0 Å². The lowest BCUT2D eigenvalue weighted by molar-refractivity contribution is 0.0694. The minimum Gasteiger partial charge on any atom is -0.506 e. The molecule has 1 aliphatic heterocycles. The SMILES string of the molecule is Cc1cc(Br)c(O)c(C(=O)N2CCN(S(=O)(=O)c3ccc(F)c(F)c3)CC2)c1. The summed E-state index contributed by atoms with van der Waals surface area (Å²) >= 11 is 3.20. The van der Waals surface area contributed by atoms with Crippen LogP contribution < -0.4 is 0 Å². The molecule has 150 valence electrons. The number of aromatic hydroxyl groups is 1. The number of halogens is 3. The molecule has 0 atom stereocenters. The van der Waals surface area contributed by atoms with Crippen LogP contribution in [0.5, 0.6) is 5.75 Å². The van der Waals surface area contributed by atoms with Gasteiger partial charge in [0.05, 0.1) is 14.9 Å². The summed E-state index contributed by atoms with van der Waals surface area (Å²) in [6.45, 7) is 1.99. The van der Waals surface area contributed by atoms with Crippen LogP contribution in [0.2, 0.25) is 0 Å². The van der Waals surface area contributed by atoms with E-state index in [9.17, 15) is 27.1 Å². The van der Waals surface area contributed by atoms with Gasteiger partial charge in [-0.05, 0) is 58.7 Å². The Morgan fingerprint density at radius 1 is 1.07 bits per heavy atom. The Hall–Kier alpha value is -2.04. The Balaban J connectivity index is 1.75. The summed E-state index contributed by atoms with van der Waals surface area (Å²) in [5.74, 6) is -2.95. The van der Waals surface area contributed by atoms with Crippen molar-refractivity contribution in [2.75, 3.05) is 26.2 Å². The van der Waals surface area contributed by atoms with E-state index in [1.165, 1.54) is 4.90 Å². The third-order valence-electron chi connectivity index (χ3n) is 4.49. The molecule has 1 fully saturated rings. The molecular weight excluding hydrogens is 458 g/mol. The van der Waals surface area contributed by atoms with Gasteiger partial charge in [0.15, 0.2) is 11.6 Å². The Labute approximate surface area is 169 Å². The van der Waals surface area contributed by atoms with E-state index in [4.69, 9.17) is 0 Å². The number of phenols is 1. The van der Waals surface area contributed by atoms with Crippen molar-refractivity contribution in [3.63, 3.8) is 0 Å². The molecular formula is C18H17BrF2N2O4S. The molecule has 10 heteroatoms. The third-order valence-corrected chi connectivity index (χ3v) is 6.99. The molecule has 1 saturated heterocycles. The molecule has 2 aromatic rings. The topological polar surface area (TPSA) is 77.9 Å². The van der Waals surface area contributed by atoms with E-state index in [1.807, 2.05) is 0 Å². The fourth-order valence-electron chi connectivity index (χ4n) is 2.99. The molecule has 0 bridgehead atoms. The van der Waals surface area contributed by atoms with Gasteiger partial charge in [-0.2, -0.15) is 4.31 Å². The first-order valence-electron chi connectivity index (χ1n) is 8.35. The van der Waals surface area contributed by atoms with Crippen LogP contribution in [-0.2, 0) is 10.0 Å². The Bertz CT molecular complexity index is 1040. The zero-order chi connectivity index (χ0) is 20.6. The fraction of sp³-hybridized carbons (Fsp3) is 0.278. The van der Waals surface area contributed by atoms with Crippen molar-refractivity contribution < 1.29 is 27.1 Å². The average Bonchev–Trinajstić information content (AvgIpc) is 2.66. The largest absolute Gasteiger partial charge is 0.506 e. The summed E-state index contributed by atoms with van der Waals surface area (Å²) in [6.07, 6.45) is 0. The normalized spacial score (nSPS) is 15.6. The van der Waals surface area contributed by atoms with Crippen LogP contribution in [0.25, 0.3) is 0 Å². The zero-order valence-corrected chi connectivity index (χ0v) is 17.2. The van der Waals surface area contributed by atoms with Gasteiger partial charge in [-0.15, -0.1) is 0 Å². The van der Waals surface area contributed by atoms with Crippen molar-refractivity contribution in [3.8, 4) is 5.75 Å². The summed E-state index contributed by atoms with van der Waals surface area (Å²) in [7, 11) is -4.00. The summed E-state index contributed by atoms with van der Waals surface area (Å²) in [5.41, 5.74) is 0.913. The molecule has 6 nitrogen and oxygen atoms in total. The standard InChI is InChI=1S/C18H17BrF2N2O4S/c1-11-8-13(17(24)14(19)9-11)18(25)22-4-6-23(7-5-22)28(26,27)12-2-3-15(20)16(21)10-12/h2-3,8-10,24H,4-7H2,1H3. The number of rotatable bonds is 3. The number of phenolic OH excluding ortho intramolecular Hbond substituents is 1. The smallest absolute Gasteiger partial charge is 0.257 e. The van der Waals surface area contributed by atoms with E-state index < -0.39 is 27.6 Å². The molecule has 1 amide bonds. The van der Waals surface area contributed by atoms with Gasteiger partial charge < -0.3 is 10.0 Å². The Morgan fingerprint density at radius 3 is 2.32 bits per heavy atom. The summed E-state index contributed by atoms with van der Waals surface area (Å²) in [4.78, 5) is 13.8. The molecule has 0 saturated carbocycles. The predicted octanol–water partition coefficient (Wildman–Crippen LogP) is 2.89. The van der Waals surface area contributed by atoms with Crippen molar-refractivity contribution in [2.45, 2.75) is 11.8 Å². The highest BCUT2D eigenvalue weighted by Gasteiger charge is 2.31. The molecule has 0 radical (unpaired) electrons. The van der Waals surface area contributed by atoms with Gasteiger partial charge in [-0.1, -0.05) is 0 Å². The van der Waals surface area contributed by atoms with Crippen LogP contribution in [0.3, 0.4) is 0 Å². The molecule has 1 aliphatic rings. The van der Waals surface area contributed by atoms with Crippen molar-refractivity contribution in [2.24, 2.45) is 0 Å². The molecule has 2 aromatic carbocycles. The number of hydrogen-bond donors (Lipinski definition) is 1. The maximum absolute atomic E-state index is 13.4. The second-order valence-electron chi connectivity index (χ2n) is 6.42. The maximum atomic E-state index is 13.4. The fourth-order valence-corrected chi connectivity index (χ4v) is 5.00. The van der Waals surface area contributed by atoms with Gasteiger partial charge >= 0.3 is 0 Å². The summed E-state index contributed by atoms with van der Waals surface area (Å²) in [5, 5.41) is 10.1. The van der Waals surface area contributed by atoms with Gasteiger partial charge in [-0.25, -0.2) is 17.2 Å². The van der Waals surface area contributed by atoms with E-state index in [1.54, 1.807) is 19.1 Å². The molecule has 0 spiro atoms. The second kappa shape index (κ2) is 7.76. The van der Waals surface area contributed by atoms with E-state index >= 15 is 0 Å².